The monoisotopic (exact) mass is 439 g/mol. The van der Waals surface area contributed by atoms with Crippen molar-refractivity contribution in [2.45, 2.75) is 52.4 Å². The molecule has 0 spiro atoms. The van der Waals surface area contributed by atoms with E-state index >= 15 is 0 Å². The van der Waals surface area contributed by atoms with Crippen LogP contribution >= 0.6 is 11.6 Å². The number of halogens is 1. The third-order valence-corrected chi connectivity index (χ3v) is 5.98. The van der Waals surface area contributed by atoms with E-state index in [1.807, 2.05) is 13.0 Å². The highest BCUT2D eigenvalue weighted by Gasteiger charge is 2.22. The van der Waals surface area contributed by atoms with Gasteiger partial charge in [0.2, 0.25) is 5.95 Å². The van der Waals surface area contributed by atoms with Crippen molar-refractivity contribution in [3.8, 4) is 0 Å². The summed E-state index contributed by atoms with van der Waals surface area (Å²) in [4.78, 5) is 8.84. The van der Waals surface area contributed by atoms with Gasteiger partial charge in [-0.2, -0.15) is 10.1 Å². The number of aromatic amines is 1. The van der Waals surface area contributed by atoms with Gasteiger partial charge in [0.15, 0.2) is 11.6 Å². The summed E-state index contributed by atoms with van der Waals surface area (Å²) in [6.45, 7) is 6.13. The second kappa shape index (κ2) is 8.93. The van der Waals surface area contributed by atoms with Gasteiger partial charge in [-0.25, -0.2) is 4.98 Å². The Balaban J connectivity index is 1.53. The number of hydrogen-bond acceptors (Lipinski definition) is 7. The lowest BCUT2D eigenvalue weighted by Gasteiger charge is -2.25. The first-order valence-electron chi connectivity index (χ1n) is 10.3. The Kier molecular flexibility index (Phi) is 6.08. The Morgan fingerprint density at radius 2 is 1.87 bits per heavy atom. The van der Waals surface area contributed by atoms with Crippen molar-refractivity contribution < 1.29 is 5.21 Å². The highest BCUT2D eigenvalue weighted by atomic mass is 35.5. The van der Waals surface area contributed by atoms with Crippen molar-refractivity contribution in [2.24, 2.45) is 5.16 Å². The molecule has 31 heavy (non-hydrogen) atoms. The third kappa shape index (κ3) is 4.80. The van der Waals surface area contributed by atoms with E-state index in [2.05, 4.69) is 61.9 Å². The van der Waals surface area contributed by atoms with Gasteiger partial charge >= 0.3 is 0 Å². The summed E-state index contributed by atoms with van der Waals surface area (Å²) < 4.78 is 0. The molecule has 3 aromatic rings. The van der Waals surface area contributed by atoms with Gasteiger partial charge in [-0.1, -0.05) is 22.8 Å². The molecule has 162 valence electrons. The highest BCUT2D eigenvalue weighted by molar-refractivity contribution is 6.32. The van der Waals surface area contributed by atoms with Crippen LogP contribution < -0.4 is 10.6 Å². The van der Waals surface area contributed by atoms with Crippen molar-refractivity contribution in [1.82, 2.24) is 20.2 Å². The fraction of sp³-hybridized carbons (Fsp3) is 0.364. The minimum atomic E-state index is 0.414. The Labute approximate surface area is 186 Å². The molecule has 0 saturated heterocycles. The van der Waals surface area contributed by atoms with Gasteiger partial charge in [0, 0.05) is 17.4 Å². The predicted molar refractivity (Wildman–Crippen MR) is 123 cm³/mol. The maximum atomic E-state index is 8.99. The van der Waals surface area contributed by atoms with Crippen LogP contribution in [0.4, 0.5) is 23.3 Å². The Hall–Kier alpha value is -3.13. The Bertz CT molecular complexity index is 1120. The summed E-state index contributed by atoms with van der Waals surface area (Å²) in [5.41, 5.74) is 6.50. The summed E-state index contributed by atoms with van der Waals surface area (Å²) in [6.07, 6.45) is 5.29. The molecule has 0 bridgehead atoms. The van der Waals surface area contributed by atoms with Crippen LogP contribution in [0, 0.1) is 20.8 Å². The summed E-state index contributed by atoms with van der Waals surface area (Å²) in [5, 5.41) is 26.3. The van der Waals surface area contributed by atoms with Crippen LogP contribution in [0.2, 0.25) is 5.02 Å². The summed E-state index contributed by atoms with van der Waals surface area (Å²) in [7, 11) is 0. The van der Waals surface area contributed by atoms with Crippen LogP contribution in [-0.2, 0) is 0 Å². The third-order valence-electron chi connectivity index (χ3n) is 5.70. The molecule has 1 aromatic carbocycles. The van der Waals surface area contributed by atoms with Gasteiger partial charge in [0.1, 0.15) is 5.02 Å². The molecule has 2 heterocycles. The SMILES string of the molecule is Cc1cc(Nc2nc(Nc3cc(C)c(C4CCC(=NO)CC4)cc3C)ncc2Cl)n[nH]1. The fourth-order valence-corrected chi connectivity index (χ4v) is 4.15. The minimum absolute atomic E-state index is 0.414. The molecule has 1 fully saturated rings. The topological polar surface area (TPSA) is 111 Å². The molecule has 0 aliphatic heterocycles. The lowest BCUT2D eigenvalue weighted by atomic mass is 9.81. The number of nitrogens with zero attached hydrogens (tertiary/aromatic N) is 4. The second-order valence-corrected chi connectivity index (χ2v) is 8.45. The second-order valence-electron chi connectivity index (χ2n) is 8.04. The van der Waals surface area contributed by atoms with Crippen LogP contribution in [0.1, 0.15) is 54.0 Å². The molecule has 2 aromatic heterocycles. The van der Waals surface area contributed by atoms with E-state index in [1.54, 1.807) is 6.20 Å². The zero-order chi connectivity index (χ0) is 22.0. The molecule has 0 amide bonds. The van der Waals surface area contributed by atoms with E-state index in [9.17, 15) is 0 Å². The number of aryl methyl sites for hydroxylation is 3. The van der Waals surface area contributed by atoms with Gasteiger partial charge in [0.25, 0.3) is 0 Å². The number of rotatable bonds is 5. The molecule has 8 nitrogen and oxygen atoms in total. The van der Waals surface area contributed by atoms with E-state index in [0.717, 1.165) is 48.3 Å². The highest BCUT2D eigenvalue weighted by Crippen LogP contribution is 2.36. The van der Waals surface area contributed by atoms with Crippen molar-refractivity contribution in [3.05, 3.63) is 51.8 Å². The van der Waals surface area contributed by atoms with Crippen LogP contribution in [0.25, 0.3) is 0 Å². The van der Waals surface area contributed by atoms with Crippen molar-refractivity contribution in [2.75, 3.05) is 10.6 Å². The Morgan fingerprint density at radius 1 is 1.10 bits per heavy atom. The number of oxime groups is 1. The minimum Gasteiger partial charge on any atom is -0.411 e. The number of H-pyrrole nitrogens is 1. The van der Waals surface area contributed by atoms with E-state index in [4.69, 9.17) is 16.8 Å². The zero-order valence-corrected chi connectivity index (χ0v) is 18.6. The normalized spacial score (nSPS) is 16.3. The number of benzene rings is 1. The van der Waals surface area contributed by atoms with Crippen molar-refractivity contribution >= 4 is 40.6 Å². The van der Waals surface area contributed by atoms with Crippen molar-refractivity contribution in [3.63, 3.8) is 0 Å². The molecule has 1 aliphatic carbocycles. The molecule has 9 heteroatoms. The van der Waals surface area contributed by atoms with E-state index in [1.165, 1.54) is 11.1 Å². The average Bonchev–Trinajstić information content (AvgIpc) is 3.17. The molecule has 1 saturated carbocycles. The van der Waals surface area contributed by atoms with Crippen molar-refractivity contribution in [1.29, 1.82) is 0 Å². The van der Waals surface area contributed by atoms with E-state index in [0.29, 0.717) is 28.5 Å². The number of aromatic nitrogens is 4. The zero-order valence-electron chi connectivity index (χ0n) is 17.8. The molecule has 1 aliphatic rings. The van der Waals surface area contributed by atoms with Gasteiger partial charge in [0.05, 0.1) is 11.9 Å². The van der Waals surface area contributed by atoms with Crippen LogP contribution in [0.5, 0.6) is 0 Å². The fourth-order valence-electron chi connectivity index (χ4n) is 4.01. The van der Waals surface area contributed by atoms with Gasteiger partial charge in [-0.05, 0) is 75.1 Å². The quantitative estimate of drug-likeness (QED) is 0.297. The number of hydrogen-bond donors (Lipinski definition) is 4. The molecule has 0 atom stereocenters. The van der Waals surface area contributed by atoms with Gasteiger partial charge in [-0.15, -0.1) is 0 Å². The molecule has 4 rings (SSSR count). The molecule has 4 N–H and O–H groups in total. The maximum absolute atomic E-state index is 8.99. The smallest absolute Gasteiger partial charge is 0.229 e. The largest absolute Gasteiger partial charge is 0.411 e. The first-order valence-corrected chi connectivity index (χ1v) is 10.7. The molecule has 0 radical (unpaired) electrons. The lowest BCUT2D eigenvalue weighted by Crippen LogP contribution is -2.14. The van der Waals surface area contributed by atoms with E-state index < -0.39 is 0 Å². The van der Waals surface area contributed by atoms with Crippen LogP contribution in [0.15, 0.2) is 29.6 Å². The first kappa shape index (κ1) is 21.1. The van der Waals surface area contributed by atoms with Crippen LogP contribution in [0.3, 0.4) is 0 Å². The maximum Gasteiger partial charge on any atom is 0.229 e. The van der Waals surface area contributed by atoms with Gasteiger partial charge in [-0.3, -0.25) is 5.10 Å². The van der Waals surface area contributed by atoms with Crippen LogP contribution in [-0.4, -0.2) is 31.1 Å². The summed E-state index contributed by atoms with van der Waals surface area (Å²) in [5.74, 6) is 2.07. The number of anilines is 4. The van der Waals surface area contributed by atoms with E-state index in [-0.39, 0.29) is 0 Å². The summed E-state index contributed by atoms with van der Waals surface area (Å²) >= 11 is 6.26. The Morgan fingerprint density at radius 3 is 2.55 bits per heavy atom. The number of nitrogens with one attached hydrogen (secondary N) is 3. The standard InChI is InChI=1S/C22H26ClN7O/c1-12-9-19(13(2)8-17(12)15-4-6-16(30-31)7-5-15)25-22-24-11-18(23)21(27-22)26-20-10-14(3)28-29-20/h8-11,15,31H,4-7H2,1-3H3,(H3,24,25,26,27,28,29). The molecular weight excluding hydrogens is 414 g/mol. The molecular formula is C22H26ClN7O. The first-order chi connectivity index (χ1) is 14.9. The van der Waals surface area contributed by atoms with Gasteiger partial charge < -0.3 is 15.8 Å². The summed E-state index contributed by atoms with van der Waals surface area (Å²) in [6, 6.07) is 6.26. The predicted octanol–water partition coefficient (Wildman–Crippen LogP) is 5.75. The lowest BCUT2D eigenvalue weighted by molar-refractivity contribution is 0.313. The average molecular weight is 440 g/mol. The molecule has 0 unspecified atom stereocenters.